The third-order valence-electron chi connectivity index (χ3n) is 6.70. The molecular weight excluding hydrogens is 272 g/mol. The Labute approximate surface area is 135 Å². The maximum atomic E-state index is 12.4. The van der Waals surface area contributed by atoms with Crippen LogP contribution in [0.5, 0.6) is 0 Å². The summed E-state index contributed by atoms with van der Waals surface area (Å²) in [4.78, 5) is 12.4. The van der Waals surface area contributed by atoms with E-state index in [1.807, 2.05) is 6.92 Å². The summed E-state index contributed by atoms with van der Waals surface area (Å²) in [5, 5.41) is 10.3. The summed E-state index contributed by atoms with van der Waals surface area (Å²) in [6, 6.07) is 0. The van der Waals surface area contributed by atoms with Crippen LogP contribution in [0.2, 0.25) is 0 Å². The number of carbonyl (C=O) groups is 1. The van der Waals surface area contributed by atoms with Crippen molar-refractivity contribution >= 4 is 5.78 Å². The summed E-state index contributed by atoms with van der Waals surface area (Å²) in [5.74, 6) is 1.23. The Bertz CT molecular complexity index is 486. The first-order valence-corrected chi connectivity index (χ1v) is 8.61. The molecule has 2 aliphatic carbocycles. The number of fused-ring (bicyclic) bond motifs is 1. The van der Waals surface area contributed by atoms with E-state index in [9.17, 15) is 9.90 Å². The molecule has 124 valence electrons. The number of aliphatic hydroxyl groups is 1. The second-order valence-corrected chi connectivity index (χ2v) is 8.55. The van der Waals surface area contributed by atoms with Crippen LogP contribution in [0.15, 0.2) is 24.8 Å². The third-order valence-corrected chi connectivity index (χ3v) is 6.70. The fourth-order valence-corrected chi connectivity index (χ4v) is 5.05. The normalized spacial score (nSPS) is 37.3. The molecule has 0 bridgehead atoms. The highest BCUT2D eigenvalue weighted by Crippen LogP contribution is 2.60. The summed E-state index contributed by atoms with van der Waals surface area (Å²) >= 11 is 0. The Kier molecular flexibility index (Phi) is 4.47. The van der Waals surface area contributed by atoms with Crippen molar-refractivity contribution in [2.45, 2.75) is 71.8 Å². The van der Waals surface area contributed by atoms with E-state index in [1.54, 1.807) is 6.08 Å². The molecule has 2 saturated carbocycles. The molecule has 0 aliphatic heterocycles. The summed E-state index contributed by atoms with van der Waals surface area (Å²) in [6.45, 7) is 16.5. The standard InChI is InChI=1S/C20H32O2/c1-7-19(5,22)12-10-15-14(2)8-9-16-18(3,4)17(21)11-13-20(15,16)6/h7,15-16,22H,1-2,8-13H2,3-6H3/t15-,16-,19-,20+/m1/s1. The summed E-state index contributed by atoms with van der Waals surface area (Å²) < 4.78 is 0. The van der Waals surface area contributed by atoms with Gasteiger partial charge in [-0.1, -0.05) is 39.0 Å². The van der Waals surface area contributed by atoms with E-state index in [0.717, 1.165) is 25.7 Å². The Morgan fingerprint density at radius 1 is 1.36 bits per heavy atom. The SMILES string of the molecule is C=C[C@@](C)(O)CC[C@@H]1C(=C)CC[C@@H]2C(C)(C)C(=O)CC[C@@]12C. The van der Waals surface area contributed by atoms with E-state index in [1.165, 1.54) is 5.57 Å². The molecule has 0 heterocycles. The van der Waals surface area contributed by atoms with Gasteiger partial charge in [0, 0.05) is 11.8 Å². The van der Waals surface area contributed by atoms with Gasteiger partial charge in [-0.25, -0.2) is 0 Å². The van der Waals surface area contributed by atoms with Gasteiger partial charge < -0.3 is 5.11 Å². The maximum Gasteiger partial charge on any atom is 0.138 e. The van der Waals surface area contributed by atoms with Gasteiger partial charge in [0.05, 0.1) is 5.60 Å². The molecule has 1 N–H and O–H groups in total. The Morgan fingerprint density at radius 3 is 2.59 bits per heavy atom. The minimum atomic E-state index is -0.816. The number of Topliss-reactive ketones (excluding diaryl/α,β-unsaturated/α-hetero) is 1. The van der Waals surface area contributed by atoms with Crippen LogP contribution in [0.25, 0.3) is 0 Å². The van der Waals surface area contributed by atoms with Gasteiger partial charge in [-0.15, -0.1) is 6.58 Å². The van der Waals surface area contributed by atoms with Crippen molar-refractivity contribution in [2.75, 3.05) is 0 Å². The number of rotatable bonds is 4. The Hall–Kier alpha value is -0.890. The van der Waals surface area contributed by atoms with Gasteiger partial charge in [0.2, 0.25) is 0 Å². The van der Waals surface area contributed by atoms with Crippen molar-refractivity contribution in [2.24, 2.45) is 22.7 Å². The summed E-state index contributed by atoms with van der Waals surface area (Å²) in [6.07, 6.45) is 6.99. The molecule has 22 heavy (non-hydrogen) atoms. The van der Waals surface area contributed by atoms with Crippen molar-refractivity contribution in [1.29, 1.82) is 0 Å². The number of allylic oxidation sites excluding steroid dienone is 1. The molecule has 0 saturated heterocycles. The predicted octanol–water partition coefficient (Wildman–Crippen LogP) is 4.68. The monoisotopic (exact) mass is 304 g/mol. The molecule has 0 aromatic rings. The average molecular weight is 304 g/mol. The lowest BCUT2D eigenvalue weighted by Gasteiger charge is -2.57. The molecule has 0 aromatic heterocycles. The van der Waals surface area contributed by atoms with E-state index >= 15 is 0 Å². The smallest absolute Gasteiger partial charge is 0.138 e. The third kappa shape index (κ3) is 2.82. The largest absolute Gasteiger partial charge is 0.386 e. The molecular formula is C20H32O2. The quantitative estimate of drug-likeness (QED) is 0.766. The molecule has 2 rings (SSSR count). The second-order valence-electron chi connectivity index (χ2n) is 8.55. The Morgan fingerprint density at radius 2 is 2.00 bits per heavy atom. The van der Waals surface area contributed by atoms with Crippen molar-refractivity contribution < 1.29 is 9.90 Å². The van der Waals surface area contributed by atoms with Crippen LogP contribution >= 0.6 is 0 Å². The van der Waals surface area contributed by atoms with Gasteiger partial charge in [-0.2, -0.15) is 0 Å². The van der Waals surface area contributed by atoms with Crippen molar-refractivity contribution in [1.82, 2.24) is 0 Å². The second kappa shape index (κ2) is 5.63. The van der Waals surface area contributed by atoms with Crippen LogP contribution < -0.4 is 0 Å². The van der Waals surface area contributed by atoms with Gasteiger partial charge in [0.15, 0.2) is 0 Å². The fraction of sp³-hybridized carbons (Fsp3) is 0.750. The van der Waals surface area contributed by atoms with E-state index < -0.39 is 5.60 Å². The summed E-state index contributed by atoms with van der Waals surface area (Å²) in [5.41, 5.74) is 0.393. The average Bonchev–Trinajstić information content (AvgIpc) is 2.42. The van der Waals surface area contributed by atoms with Crippen molar-refractivity contribution in [3.8, 4) is 0 Å². The summed E-state index contributed by atoms with van der Waals surface area (Å²) in [7, 11) is 0. The first kappa shape index (κ1) is 17.5. The van der Waals surface area contributed by atoms with Gasteiger partial charge in [-0.05, 0) is 56.3 Å². The van der Waals surface area contributed by atoms with Gasteiger partial charge in [-0.3, -0.25) is 4.79 Å². The molecule has 2 aliphatic rings. The van der Waals surface area contributed by atoms with E-state index in [0.29, 0.717) is 30.5 Å². The highest BCUT2D eigenvalue weighted by atomic mass is 16.3. The van der Waals surface area contributed by atoms with Gasteiger partial charge in [0.25, 0.3) is 0 Å². The zero-order valence-electron chi connectivity index (χ0n) is 14.7. The predicted molar refractivity (Wildman–Crippen MR) is 91.5 cm³/mol. The molecule has 4 atom stereocenters. The highest BCUT2D eigenvalue weighted by Gasteiger charge is 2.55. The highest BCUT2D eigenvalue weighted by molar-refractivity contribution is 5.85. The number of hydrogen-bond donors (Lipinski definition) is 1. The van der Waals surface area contributed by atoms with E-state index in [4.69, 9.17) is 0 Å². The molecule has 2 nitrogen and oxygen atoms in total. The van der Waals surface area contributed by atoms with Crippen LogP contribution in [0, 0.1) is 22.7 Å². The zero-order valence-corrected chi connectivity index (χ0v) is 14.7. The lowest BCUT2D eigenvalue weighted by atomic mass is 9.46. The number of hydrogen-bond acceptors (Lipinski definition) is 2. The molecule has 2 heteroatoms. The van der Waals surface area contributed by atoms with E-state index in [2.05, 4.69) is 33.9 Å². The van der Waals surface area contributed by atoms with Crippen LogP contribution in [0.1, 0.15) is 66.2 Å². The zero-order chi connectivity index (χ0) is 16.8. The number of ketones is 1. The maximum absolute atomic E-state index is 12.4. The van der Waals surface area contributed by atoms with Crippen LogP contribution in [0.4, 0.5) is 0 Å². The minimum absolute atomic E-state index is 0.129. The molecule has 0 amide bonds. The lowest BCUT2D eigenvalue weighted by Crippen LogP contribution is -2.53. The minimum Gasteiger partial charge on any atom is -0.386 e. The van der Waals surface area contributed by atoms with Crippen LogP contribution in [0.3, 0.4) is 0 Å². The van der Waals surface area contributed by atoms with Gasteiger partial charge >= 0.3 is 0 Å². The molecule has 0 spiro atoms. The van der Waals surface area contributed by atoms with E-state index in [-0.39, 0.29) is 10.8 Å². The van der Waals surface area contributed by atoms with Crippen molar-refractivity contribution in [3.63, 3.8) is 0 Å². The van der Waals surface area contributed by atoms with Crippen LogP contribution in [-0.2, 0) is 4.79 Å². The molecule has 0 aromatic carbocycles. The van der Waals surface area contributed by atoms with Crippen molar-refractivity contribution in [3.05, 3.63) is 24.8 Å². The first-order chi connectivity index (χ1) is 10.0. The lowest BCUT2D eigenvalue weighted by molar-refractivity contribution is -0.145. The molecule has 0 radical (unpaired) electrons. The Balaban J connectivity index is 2.27. The van der Waals surface area contributed by atoms with Crippen LogP contribution in [-0.4, -0.2) is 16.5 Å². The fourth-order valence-electron chi connectivity index (χ4n) is 5.05. The number of carbonyl (C=O) groups excluding carboxylic acids is 1. The molecule has 0 unspecified atom stereocenters. The first-order valence-electron chi connectivity index (χ1n) is 8.61. The van der Waals surface area contributed by atoms with Gasteiger partial charge in [0.1, 0.15) is 5.78 Å². The molecule has 2 fully saturated rings. The topological polar surface area (TPSA) is 37.3 Å².